The van der Waals surface area contributed by atoms with E-state index in [1.165, 1.54) is 12.3 Å². The summed E-state index contributed by atoms with van der Waals surface area (Å²) in [5.41, 5.74) is 7.36. The standard InChI is InChI=1S/C15H16FN3O/c1-2-19(10-11-5-3-4-6-14(11)17)15(20)12-7-8-18-9-13(12)16/h3-9H,2,10,17H2,1H3. The SMILES string of the molecule is CCN(Cc1ccccc1N)C(=O)c1ccncc1F. The van der Waals surface area contributed by atoms with E-state index in [-0.39, 0.29) is 11.5 Å². The Balaban J connectivity index is 2.23. The maximum atomic E-state index is 13.6. The molecule has 0 atom stereocenters. The minimum absolute atomic E-state index is 0.0244. The van der Waals surface area contributed by atoms with Gasteiger partial charge in [0.15, 0.2) is 5.82 Å². The number of hydrogen-bond donors (Lipinski definition) is 1. The van der Waals surface area contributed by atoms with E-state index < -0.39 is 5.82 Å². The van der Waals surface area contributed by atoms with Gasteiger partial charge in [-0.15, -0.1) is 0 Å². The highest BCUT2D eigenvalue weighted by molar-refractivity contribution is 5.94. The predicted octanol–water partition coefficient (Wildman–Crippen LogP) is 2.47. The molecule has 5 heteroatoms. The summed E-state index contributed by atoms with van der Waals surface area (Å²) in [5, 5.41) is 0. The number of nitrogens with zero attached hydrogens (tertiary/aromatic N) is 2. The van der Waals surface area contributed by atoms with Crippen LogP contribution >= 0.6 is 0 Å². The number of benzene rings is 1. The number of nitrogens with two attached hydrogens (primary N) is 1. The Morgan fingerprint density at radius 2 is 2.10 bits per heavy atom. The Morgan fingerprint density at radius 1 is 1.35 bits per heavy atom. The molecule has 0 bridgehead atoms. The molecule has 1 aromatic carbocycles. The zero-order valence-corrected chi connectivity index (χ0v) is 11.2. The van der Waals surface area contributed by atoms with E-state index in [1.54, 1.807) is 11.0 Å². The molecule has 4 nitrogen and oxygen atoms in total. The number of halogens is 1. The first-order valence-corrected chi connectivity index (χ1v) is 6.35. The summed E-state index contributed by atoms with van der Waals surface area (Å²) in [7, 11) is 0. The number of nitrogen functional groups attached to an aromatic ring is 1. The van der Waals surface area contributed by atoms with Crippen molar-refractivity contribution in [2.24, 2.45) is 0 Å². The highest BCUT2D eigenvalue weighted by atomic mass is 19.1. The van der Waals surface area contributed by atoms with E-state index in [9.17, 15) is 9.18 Å². The summed E-state index contributed by atoms with van der Waals surface area (Å²) >= 11 is 0. The summed E-state index contributed by atoms with van der Waals surface area (Å²) in [5.74, 6) is -0.979. The molecule has 1 aromatic heterocycles. The quantitative estimate of drug-likeness (QED) is 0.870. The second kappa shape index (κ2) is 6.14. The van der Waals surface area contributed by atoms with E-state index >= 15 is 0 Å². The largest absolute Gasteiger partial charge is 0.398 e. The van der Waals surface area contributed by atoms with E-state index in [0.29, 0.717) is 18.8 Å². The number of anilines is 1. The lowest BCUT2D eigenvalue weighted by Gasteiger charge is -2.22. The lowest BCUT2D eigenvalue weighted by atomic mass is 10.1. The summed E-state index contributed by atoms with van der Waals surface area (Å²) in [6.07, 6.45) is 2.44. The van der Waals surface area contributed by atoms with Gasteiger partial charge in [-0.2, -0.15) is 0 Å². The van der Waals surface area contributed by atoms with Crippen LogP contribution in [-0.4, -0.2) is 22.3 Å². The van der Waals surface area contributed by atoms with Gasteiger partial charge in [0, 0.05) is 25.0 Å². The van der Waals surface area contributed by atoms with Gasteiger partial charge < -0.3 is 10.6 Å². The topological polar surface area (TPSA) is 59.2 Å². The Morgan fingerprint density at radius 3 is 2.75 bits per heavy atom. The van der Waals surface area contributed by atoms with Crippen molar-refractivity contribution >= 4 is 11.6 Å². The zero-order valence-electron chi connectivity index (χ0n) is 11.2. The second-order valence-corrected chi connectivity index (χ2v) is 4.37. The molecule has 1 amide bonds. The lowest BCUT2D eigenvalue weighted by molar-refractivity contribution is 0.0748. The smallest absolute Gasteiger partial charge is 0.257 e. The molecule has 0 aliphatic carbocycles. The van der Waals surface area contributed by atoms with E-state index in [0.717, 1.165) is 11.8 Å². The molecule has 0 aliphatic rings. The van der Waals surface area contributed by atoms with Gasteiger partial charge in [0.25, 0.3) is 5.91 Å². The Hall–Kier alpha value is -2.43. The van der Waals surface area contributed by atoms with Crippen LogP contribution in [0.2, 0.25) is 0 Å². The van der Waals surface area contributed by atoms with Crippen LogP contribution in [0, 0.1) is 5.82 Å². The average Bonchev–Trinajstić information content (AvgIpc) is 2.46. The molecule has 2 aromatic rings. The predicted molar refractivity (Wildman–Crippen MR) is 75.5 cm³/mol. The number of carbonyl (C=O) groups excluding carboxylic acids is 1. The molecule has 104 valence electrons. The van der Waals surface area contributed by atoms with Crippen LogP contribution in [0.4, 0.5) is 10.1 Å². The molecule has 20 heavy (non-hydrogen) atoms. The van der Waals surface area contributed by atoms with Crippen LogP contribution in [0.3, 0.4) is 0 Å². The molecule has 2 rings (SSSR count). The minimum Gasteiger partial charge on any atom is -0.398 e. The molecular formula is C15H16FN3O. The van der Waals surface area contributed by atoms with Crippen molar-refractivity contribution in [3.05, 3.63) is 59.7 Å². The fourth-order valence-corrected chi connectivity index (χ4v) is 1.93. The van der Waals surface area contributed by atoms with Gasteiger partial charge in [-0.25, -0.2) is 4.39 Å². The van der Waals surface area contributed by atoms with E-state index in [4.69, 9.17) is 5.73 Å². The number of carbonyl (C=O) groups is 1. The maximum absolute atomic E-state index is 13.6. The number of amides is 1. The average molecular weight is 273 g/mol. The molecule has 0 unspecified atom stereocenters. The van der Waals surface area contributed by atoms with Crippen LogP contribution in [0.5, 0.6) is 0 Å². The van der Waals surface area contributed by atoms with Crippen molar-refractivity contribution in [3.8, 4) is 0 Å². The van der Waals surface area contributed by atoms with Gasteiger partial charge in [0.05, 0.1) is 11.8 Å². The monoisotopic (exact) mass is 273 g/mol. The number of rotatable bonds is 4. The lowest BCUT2D eigenvalue weighted by Crippen LogP contribution is -2.31. The second-order valence-electron chi connectivity index (χ2n) is 4.37. The highest BCUT2D eigenvalue weighted by Gasteiger charge is 2.18. The molecular weight excluding hydrogens is 257 g/mol. The van der Waals surface area contributed by atoms with Crippen molar-refractivity contribution in [2.75, 3.05) is 12.3 Å². The summed E-state index contributed by atoms with van der Waals surface area (Å²) in [6.45, 7) is 2.66. The number of aromatic nitrogens is 1. The van der Waals surface area contributed by atoms with E-state index in [1.807, 2.05) is 25.1 Å². The van der Waals surface area contributed by atoms with Crippen molar-refractivity contribution in [2.45, 2.75) is 13.5 Å². The van der Waals surface area contributed by atoms with Gasteiger partial charge in [0.1, 0.15) is 0 Å². The third-order valence-electron chi connectivity index (χ3n) is 3.09. The van der Waals surface area contributed by atoms with Crippen LogP contribution < -0.4 is 5.73 Å². The molecule has 1 heterocycles. The first-order chi connectivity index (χ1) is 9.63. The number of hydrogen-bond acceptors (Lipinski definition) is 3. The maximum Gasteiger partial charge on any atom is 0.257 e. The van der Waals surface area contributed by atoms with Crippen LogP contribution in [0.15, 0.2) is 42.7 Å². The van der Waals surface area contributed by atoms with Crippen LogP contribution in [0.1, 0.15) is 22.8 Å². The highest BCUT2D eigenvalue weighted by Crippen LogP contribution is 2.16. The molecule has 0 radical (unpaired) electrons. The normalized spacial score (nSPS) is 10.3. The van der Waals surface area contributed by atoms with Crippen molar-refractivity contribution in [3.63, 3.8) is 0 Å². The molecule has 0 saturated carbocycles. The molecule has 0 fully saturated rings. The minimum atomic E-state index is -0.614. The molecule has 0 aliphatic heterocycles. The van der Waals surface area contributed by atoms with E-state index in [2.05, 4.69) is 4.98 Å². The van der Waals surface area contributed by atoms with Crippen molar-refractivity contribution < 1.29 is 9.18 Å². The molecule has 0 saturated heterocycles. The Bertz CT molecular complexity index is 616. The Kier molecular flexibility index (Phi) is 4.30. The molecule has 2 N–H and O–H groups in total. The number of para-hydroxylation sites is 1. The first-order valence-electron chi connectivity index (χ1n) is 6.35. The Labute approximate surface area is 117 Å². The fraction of sp³-hybridized carbons (Fsp3) is 0.200. The van der Waals surface area contributed by atoms with Gasteiger partial charge in [-0.05, 0) is 24.6 Å². The van der Waals surface area contributed by atoms with Gasteiger partial charge in [-0.3, -0.25) is 9.78 Å². The first kappa shape index (κ1) is 14.0. The van der Waals surface area contributed by atoms with Crippen LogP contribution in [-0.2, 0) is 6.54 Å². The van der Waals surface area contributed by atoms with Gasteiger partial charge in [0.2, 0.25) is 0 Å². The fourth-order valence-electron chi connectivity index (χ4n) is 1.93. The summed E-state index contributed by atoms with van der Waals surface area (Å²) < 4.78 is 13.6. The van der Waals surface area contributed by atoms with Gasteiger partial charge in [-0.1, -0.05) is 18.2 Å². The number of pyridine rings is 1. The summed E-state index contributed by atoms with van der Waals surface area (Å²) in [6, 6.07) is 8.71. The summed E-state index contributed by atoms with van der Waals surface area (Å²) in [4.78, 5) is 17.5. The van der Waals surface area contributed by atoms with Crippen molar-refractivity contribution in [1.82, 2.24) is 9.88 Å². The van der Waals surface area contributed by atoms with Crippen LogP contribution in [0.25, 0.3) is 0 Å². The van der Waals surface area contributed by atoms with Gasteiger partial charge >= 0.3 is 0 Å². The molecule has 0 spiro atoms. The third kappa shape index (κ3) is 2.93. The third-order valence-corrected chi connectivity index (χ3v) is 3.09. The van der Waals surface area contributed by atoms with Crippen molar-refractivity contribution in [1.29, 1.82) is 0 Å². The zero-order chi connectivity index (χ0) is 14.5.